The SMILES string of the molecule is CC(C)(C)[Si](C)(C)O.C[SiH](C)O[Si](C)(CCCOCC1CO1)O[Si](C)(C)O[Si](C)(C)O[Si](C)(C)O[Si](C)(C)O[Si](C)(C)O[Si](C)(C)O[Si](C)(C)O[Si](C)(C)O[Si](C)(C)O[Si](C)(C)O[Si](C)(C)C(C)(C)C. The van der Waals surface area contributed by atoms with Gasteiger partial charge in [-0.05, 0) is 199 Å². The molecule has 0 spiro atoms. The van der Waals surface area contributed by atoms with Gasteiger partial charge >= 0.3 is 94.2 Å². The van der Waals surface area contributed by atoms with Crippen molar-refractivity contribution in [2.45, 2.75) is 247 Å². The van der Waals surface area contributed by atoms with Crippen LogP contribution in [-0.4, -0.2) is 151 Å². The molecule has 0 aromatic carbocycles. The van der Waals surface area contributed by atoms with Gasteiger partial charge in [-0.25, -0.2) is 0 Å². The van der Waals surface area contributed by atoms with Crippen LogP contribution in [0.25, 0.3) is 0 Å². The first-order chi connectivity index (χ1) is 30.3. The molecule has 70 heavy (non-hydrogen) atoms. The zero-order valence-corrected chi connectivity index (χ0v) is 65.5. The molecule has 0 amide bonds. The van der Waals surface area contributed by atoms with Gasteiger partial charge in [0.1, 0.15) is 6.10 Å². The maximum Gasteiger partial charge on any atom is 0.315 e. The van der Waals surface area contributed by atoms with Crippen molar-refractivity contribution in [3.8, 4) is 0 Å². The number of epoxide rings is 1. The van der Waals surface area contributed by atoms with Gasteiger partial charge in [-0.1, -0.05) is 41.5 Å². The Kier molecular flexibility index (Phi) is 26.6. The van der Waals surface area contributed by atoms with Gasteiger partial charge in [0.25, 0.3) is 0 Å². The van der Waals surface area contributed by atoms with Crippen molar-refractivity contribution in [1.82, 2.24) is 0 Å². The van der Waals surface area contributed by atoms with E-state index in [1.165, 1.54) is 0 Å². The van der Waals surface area contributed by atoms with Crippen LogP contribution >= 0.6 is 0 Å². The normalized spacial score (nSPS) is 18.0. The highest BCUT2D eigenvalue weighted by atomic mass is 28.5. The molecule has 0 aromatic heterocycles. The quantitative estimate of drug-likeness (QED) is 0.0412. The van der Waals surface area contributed by atoms with Crippen LogP contribution in [0.1, 0.15) is 48.0 Å². The average Bonchev–Trinajstić information content (AvgIpc) is 3.76. The van der Waals surface area contributed by atoms with E-state index in [4.69, 9.17) is 58.9 Å². The van der Waals surface area contributed by atoms with Crippen molar-refractivity contribution in [2.75, 3.05) is 19.8 Å². The van der Waals surface area contributed by atoms with Crippen molar-refractivity contribution < 1.29 is 63.7 Å². The third-order valence-electron chi connectivity index (χ3n) is 11.1. The zero-order valence-electron chi connectivity index (χ0n) is 51.4. The largest absolute Gasteiger partial charge is 0.439 e. The van der Waals surface area contributed by atoms with Gasteiger partial charge in [0.15, 0.2) is 25.7 Å². The molecular formula is C41H112O15Si14. The second kappa shape index (κ2) is 25.7. The smallest absolute Gasteiger partial charge is 0.315 e. The minimum absolute atomic E-state index is 0.0934. The van der Waals surface area contributed by atoms with Gasteiger partial charge < -0.3 is 63.7 Å². The van der Waals surface area contributed by atoms with E-state index in [0.717, 1.165) is 19.1 Å². The van der Waals surface area contributed by atoms with E-state index in [-0.39, 0.29) is 16.2 Å². The number of ether oxygens (including phenoxy) is 2. The lowest BCUT2D eigenvalue weighted by Crippen LogP contribution is -2.63. The van der Waals surface area contributed by atoms with Crippen molar-refractivity contribution in [2.24, 2.45) is 0 Å². The topological polar surface area (TPSA) is 153 Å². The van der Waals surface area contributed by atoms with Crippen LogP contribution < -0.4 is 0 Å². The van der Waals surface area contributed by atoms with Crippen molar-refractivity contribution >= 4 is 120 Å². The first-order valence-corrected chi connectivity index (χ1v) is 64.9. The van der Waals surface area contributed by atoms with Gasteiger partial charge in [-0.15, -0.1) is 0 Å². The Morgan fingerprint density at radius 3 is 0.886 bits per heavy atom. The van der Waals surface area contributed by atoms with Crippen LogP contribution in [0.3, 0.4) is 0 Å². The summed E-state index contributed by atoms with van der Waals surface area (Å²) in [4.78, 5) is 9.49. The summed E-state index contributed by atoms with van der Waals surface area (Å²) in [5.74, 6) is 0. The fourth-order valence-corrected chi connectivity index (χ4v) is 72.9. The van der Waals surface area contributed by atoms with E-state index in [1.54, 1.807) is 0 Å². The molecule has 29 heteroatoms. The maximum atomic E-state index is 9.49. The summed E-state index contributed by atoms with van der Waals surface area (Å²) in [6, 6.07) is 0.850. The van der Waals surface area contributed by atoms with Crippen LogP contribution in [0, 0.1) is 0 Å². The van der Waals surface area contributed by atoms with Crippen LogP contribution in [0.2, 0.25) is 193 Å². The van der Waals surface area contributed by atoms with Crippen molar-refractivity contribution in [3.63, 3.8) is 0 Å². The number of hydrogen-bond donors (Lipinski definition) is 1. The molecule has 422 valence electrons. The van der Waals surface area contributed by atoms with Crippen LogP contribution in [0.15, 0.2) is 0 Å². The third-order valence-corrected chi connectivity index (χ3v) is 66.7. The van der Waals surface area contributed by atoms with E-state index in [9.17, 15) is 4.80 Å². The number of hydrogen-bond acceptors (Lipinski definition) is 15. The summed E-state index contributed by atoms with van der Waals surface area (Å²) in [6.07, 6.45) is 1.15. The van der Waals surface area contributed by atoms with E-state index < -0.39 is 120 Å². The molecule has 1 rings (SSSR count). The van der Waals surface area contributed by atoms with Crippen LogP contribution in [0.4, 0.5) is 0 Å². The molecule has 1 fully saturated rings. The molecule has 1 N–H and O–H groups in total. The molecule has 0 aliphatic carbocycles. The highest BCUT2D eigenvalue weighted by Crippen LogP contribution is 2.40. The Morgan fingerprint density at radius 2 is 0.671 bits per heavy atom. The summed E-state index contributed by atoms with van der Waals surface area (Å²) in [7, 11) is -34.8. The predicted molar refractivity (Wildman–Crippen MR) is 325 cm³/mol. The summed E-state index contributed by atoms with van der Waals surface area (Å²) >= 11 is 0. The molecule has 1 aliphatic rings. The van der Waals surface area contributed by atoms with Gasteiger partial charge in [0.05, 0.1) is 13.2 Å². The second-order valence-corrected chi connectivity index (χ2v) is 79.0. The first-order valence-electron chi connectivity index (χ1n) is 25.6. The van der Waals surface area contributed by atoms with E-state index in [0.29, 0.717) is 13.2 Å². The molecule has 0 bridgehead atoms. The van der Waals surface area contributed by atoms with E-state index in [2.05, 4.69) is 205 Å². The van der Waals surface area contributed by atoms with Gasteiger partial charge in [0, 0.05) is 6.61 Å². The Morgan fingerprint density at radius 1 is 0.429 bits per heavy atom. The first kappa shape index (κ1) is 72.4. The average molecular weight is 1240 g/mol. The summed E-state index contributed by atoms with van der Waals surface area (Å²) in [5, 5.41) is 0.225. The highest BCUT2D eigenvalue weighted by molar-refractivity contribution is 6.94. The fourth-order valence-electron chi connectivity index (χ4n) is 8.33. The zero-order chi connectivity index (χ0) is 56.1. The summed E-state index contributed by atoms with van der Waals surface area (Å²) in [6.45, 7) is 72.0. The Hall–Kier alpha value is 2.44. The Labute approximate surface area is 447 Å². The Bertz CT molecular complexity index is 1580. The molecule has 1 aliphatic heterocycles. The second-order valence-electron chi connectivity index (χ2n) is 27.1. The van der Waals surface area contributed by atoms with E-state index in [1.807, 2.05) is 13.1 Å². The number of rotatable bonds is 30. The minimum Gasteiger partial charge on any atom is -0.439 e. The van der Waals surface area contributed by atoms with E-state index >= 15 is 0 Å². The molecular weight excluding hydrogens is 1130 g/mol. The van der Waals surface area contributed by atoms with Crippen molar-refractivity contribution in [3.05, 3.63) is 0 Å². The molecule has 2 unspecified atom stereocenters. The van der Waals surface area contributed by atoms with Crippen LogP contribution in [0.5, 0.6) is 0 Å². The highest BCUT2D eigenvalue weighted by Gasteiger charge is 2.53. The maximum absolute atomic E-state index is 9.49. The summed E-state index contributed by atoms with van der Waals surface area (Å²) in [5.41, 5.74) is 0. The van der Waals surface area contributed by atoms with Crippen molar-refractivity contribution in [1.29, 1.82) is 0 Å². The lowest BCUT2D eigenvalue weighted by atomic mass is 10.2. The summed E-state index contributed by atoms with van der Waals surface area (Å²) < 4.78 is 93.2. The Balaban J connectivity index is 0.00000543. The molecule has 0 saturated carbocycles. The third kappa shape index (κ3) is 31.7. The predicted octanol–water partition coefficient (Wildman–Crippen LogP) is 13.1. The molecule has 15 nitrogen and oxygen atoms in total. The van der Waals surface area contributed by atoms with Crippen LogP contribution in [-0.2, 0) is 58.9 Å². The molecule has 1 heterocycles. The molecule has 0 radical (unpaired) electrons. The monoisotopic (exact) mass is 1240 g/mol. The minimum atomic E-state index is -2.77. The lowest BCUT2D eigenvalue weighted by Gasteiger charge is -2.46. The molecule has 1 saturated heterocycles. The van der Waals surface area contributed by atoms with Gasteiger partial charge in [-0.3, -0.25) is 0 Å². The molecule has 2 atom stereocenters. The fraction of sp³-hybridized carbons (Fsp3) is 1.00. The standard InChI is InChI=1S/C35H96O14Si13.C6H16OSi/c1-35(2,3)51(6,7)39-52(8,9)40-53(10,11)41-54(12,13)42-55(14,15)43-56(16,17)44-57(18,19)45-58(20,21)46-59(22,23)47-60(24,25)48-61(26,27)49-62(28,38-50(4)5)31-29-30-36-32-34-33-37-34;1-6(2,3)8(4,5)7/h34,50H,29-33H2,1-28H3;7H,1-5H3. The molecule has 0 aromatic rings. The lowest BCUT2D eigenvalue weighted by molar-refractivity contribution is 0.115. The van der Waals surface area contributed by atoms with Gasteiger partial charge in [-0.2, -0.15) is 0 Å². The van der Waals surface area contributed by atoms with Gasteiger partial charge in [0.2, 0.25) is 0 Å².